The van der Waals surface area contributed by atoms with Gasteiger partial charge >= 0.3 is 5.97 Å². The third-order valence-corrected chi connectivity index (χ3v) is 4.95. The molecule has 0 heterocycles. The molecule has 0 aromatic carbocycles. The summed E-state index contributed by atoms with van der Waals surface area (Å²) in [4.78, 5) is 12.7. The average Bonchev–Trinajstić information content (AvgIpc) is 2.33. The average molecular weight is 284 g/mol. The van der Waals surface area contributed by atoms with Gasteiger partial charge in [0.2, 0.25) is 0 Å². The van der Waals surface area contributed by atoms with Crippen molar-refractivity contribution in [3.05, 3.63) is 0 Å². The van der Waals surface area contributed by atoms with E-state index in [-0.39, 0.29) is 22.7 Å². The zero-order valence-electron chi connectivity index (χ0n) is 15.2. The van der Waals surface area contributed by atoms with Crippen LogP contribution in [0.1, 0.15) is 88.0 Å². The normalized spacial score (nSPS) is 15.1. The van der Waals surface area contributed by atoms with Gasteiger partial charge < -0.3 is 4.74 Å². The van der Waals surface area contributed by atoms with Crippen LogP contribution >= 0.6 is 0 Å². The molecule has 0 saturated heterocycles. The minimum Gasteiger partial charge on any atom is -0.460 e. The minimum atomic E-state index is -0.409. The van der Waals surface area contributed by atoms with Crippen molar-refractivity contribution in [2.24, 2.45) is 16.7 Å². The van der Waals surface area contributed by atoms with Crippen LogP contribution in [-0.4, -0.2) is 11.6 Å². The number of rotatable bonds is 7. The third kappa shape index (κ3) is 5.85. The van der Waals surface area contributed by atoms with Gasteiger partial charge in [-0.1, -0.05) is 60.8 Å². The Kier molecular flexibility index (Phi) is 6.77. The van der Waals surface area contributed by atoms with Crippen LogP contribution in [-0.2, 0) is 9.53 Å². The van der Waals surface area contributed by atoms with E-state index in [1.54, 1.807) is 0 Å². The van der Waals surface area contributed by atoms with Crippen LogP contribution in [0.15, 0.2) is 0 Å². The van der Waals surface area contributed by atoms with E-state index in [4.69, 9.17) is 4.74 Å². The molecule has 2 nitrogen and oxygen atoms in total. The van der Waals surface area contributed by atoms with E-state index in [1.165, 1.54) is 0 Å². The number of hydrogen-bond donors (Lipinski definition) is 0. The fourth-order valence-electron chi connectivity index (χ4n) is 2.33. The highest BCUT2D eigenvalue weighted by molar-refractivity contribution is 5.73. The number of carbonyl (C=O) groups excluding carboxylic acids is 1. The Morgan fingerprint density at radius 1 is 0.900 bits per heavy atom. The van der Waals surface area contributed by atoms with Gasteiger partial charge in [0.25, 0.3) is 0 Å². The predicted molar refractivity (Wildman–Crippen MR) is 86.7 cm³/mol. The number of carbonyl (C=O) groups is 1. The molecule has 0 fully saturated rings. The monoisotopic (exact) mass is 284 g/mol. The lowest BCUT2D eigenvalue weighted by molar-refractivity contribution is -0.166. The molecule has 0 bridgehead atoms. The summed E-state index contributed by atoms with van der Waals surface area (Å²) in [6, 6.07) is 0. The lowest BCUT2D eigenvalue weighted by Gasteiger charge is -2.39. The highest BCUT2D eigenvalue weighted by Gasteiger charge is 2.40. The van der Waals surface area contributed by atoms with Crippen molar-refractivity contribution in [2.45, 2.75) is 93.6 Å². The van der Waals surface area contributed by atoms with Gasteiger partial charge in [0.05, 0.1) is 5.92 Å². The fourth-order valence-corrected chi connectivity index (χ4v) is 2.33. The van der Waals surface area contributed by atoms with E-state index in [1.807, 2.05) is 20.8 Å². The molecule has 2 heteroatoms. The second-order valence-electron chi connectivity index (χ2n) is 8.15. The van der Waals surface area contributed by atoms with E-state index in [0.717, 1.165) is 25.7 Å². The fraction of sp³-hybridized carbons (Fsp3) is 0.944. The van der Waals surface area contributed by atoms with Crippen molar-refractivity contribution in [1.29, 1.82) is 0 Å². The van der Waals surface area contributed by atoms with Crippen molar-refractivity contribution in [2.75, 3.05) is 0 Å². The van der Waals surface area contributed by atoms with E-state index in [9.17, 15) is 4.79 Å². The molecule has 20 heavy (non-hydrogen) atoms. The molecule has 0 amide bonds. The van der Waals surface area contributed by atoms with Crippen molar-refractivity contribution < 1.29 is 9.53 Å². The molecule has 0 aliphatic heterocycles. The lowest BCUT2D eigenvalue weighted by Crippen LogP contribution is -2.39. The van der Waals surface area contributed by atoms with Crippen LogP contribution in [0.5, 0.6) is 0 Å². The molecule has 0 aromatic rings. The largest absolute Gasteiger partial charge is 0.460 e. The summed E-state index contributed by atoms with van der Waals surface area (Å²) in [5.74, 6) is -0.0610. The van der Waals surface area contributed by atoms with Crippen molar-refractivity contribution >= 4 is 5.97 Å². The highest BCUT2D eigenvalue weighted by atomic mass is 16.6. The lowest BCUT2D eigenvalue weighted by atomic mass is 9.67. The summed E-state index contributed by atoms with van der Waals surface area (Å²) in [5, 5.41) is 0. The number of esters is 1. The maximum atomic E-state index is 12.7. The molecule has 0 aromatic heterocycles. The molecule has 120 valence electrons. The Morgan fingerprint density at radius 2 is 1.35 bits per heavy atom. The van der Waals surface area contributed by atoms with Gasteiger partial charge in [-0.2, -0.15) is 0 Å². The summed E-state index contributed by atoms with van der Waals surface area (Å²) in [6.45, 7) is 19.1. The summed E-state index contributed by atoms with van der Waals surface area (Å²) in [7, 11) is 0. The zero-order chi connectivity index (χ0) is 16.2. The molecular formula is C18H36O2. The quantitative estimate of drug-likeness (QED) is 0.569. The summed E-state index contributed by atoms with van der Waals surface area (Å²) >= 11 is 0. The van der Waals surface area contributed by atoms with Crippen LogP contribution in [0.4, 0.5) is 0 Å². The Morgan fingerprint density at radius 3 is 1.65 bits per heavy atom. The highest BCUT2D eigenvalue weighted by Crippen LogP contribution is 2.43. The summed E-state index contributed by atoms with van der Waals surface area (Å²) in [6.07, 6.45) is 4.10. The van der Waals surface area contributed by atoms with Gasteiger partial charge in [-0.15, -0.1) is 0 Å². The van der Waals surface area contributed by atoms with Crippen LogP contribution in [0, 0.1) is 16.7 Å². The Balaban J connectivity index is 5.26. The standard InChI is InChI=1S/C18H36O2/c1-10-17(7,8)14(13-18(9,11-2)12-3)15(19)20-16(4,5)6/h14H,10-13H2,1-9H3. The maximum Gasteiger partial charge on any atom is 0.310 e. The molecule has 0 spiro atoms. The van der Waals surface area contributed by atoms with Gasteiger partial charge in [0, 0.05) is 0 Å². The first-order valence-corrected chi connectivity index (χ1v) is 8.13. The first-order chi connectivity index (χ1) is 8.90. The van der Waals surface area contributed by atoms with Gasteiger partial charge in [-0.05, 0) is 38.0 Å². The van der Waals surface area contributed by atoms with E-state index in [2.05, 4.69) is 41.5 Å². The molecule has 0 saturated carbocycles. The van der Waals surface area contributed by atoms with Crippen LogP contribution in [0.3, 0.4) is 0 Å². The molecule has 0 aliphatic rings. The Bertz CT molecular complexity index is 306. The van der Waals surface area contributed by atoms with E-state index < -0.39 is 5.60 Å². The zero-order valence-corrected chi connectivity index (χ0v) is 15.2. The van der Waals surface area contributed by atoms with E-state index in [0.29, 0.717) is 0 Å². The molecule has 0 rings (SSSR count). The Hall–Kier alpha value is -0.530. The molecular weight excluding hydrogens is 248 g/mol. The second-order valence-corrected chi connectivity index (χ2v) is 8.15. The first-order valence-electron chi connectivity index (χ1n) is 8.13. The SMILES string of the molecule is CCC(C)(CC)CC(C(=O)OC(C)(C)C)C(C)(C)CC. The van der Waals surface area contributed by atoms with Crippen molar-refractivity contribution in [3.8, 4) is 0 Å². The summed E-state index contributed by atoms with van der Waals surface area (Å²) in [5.41, 5.74) is -0.212. The van der Waals surface area contributed by atoms with Gasteiger partial charge in [0.1, 0.15) is 5.60 Å². The maximum absolute atomic E-state index is 12.7. The molecule has 0 aliphatic carbocycles. The van der Waals surface area contributed by atoms with Crippen LogP contribution in [0.25, 0.3) is 0 Å². The van der Waals surface area contributed by atoms with Gasteiger partial charge in [-0.25, -0.2) is 0 Å². The van der Waals surface area contributed by atoms with Crippen molar-refractivity contribution in [1.82, 2.24) is 0 Å². The second kappa shape index (κ2) is 6.95. The van der Waals surface area contributed by atoms with Gasteiger partial charge in [0.15, 0.2) is 0 Å². The van der Waals surface area contributed by atoms with Crippen LogP contribution < -0.4 is 0 Å². The van der Waals surface area contributed by atoms with Crippen LogP contribution in [0.2, 0.25) is 0 Å². The molecule has 0 N–H and O–H groups in total. The van der Waals surface area contributed by atoms with Crippen molar-refractivity contribution in [3.63, 3.8) is 0 Å². The first kappa shape index (κ1) is 19.5. The Labute approximate surface area is 126 Å². The van der Waals surface area contributed by atoms with Gasteiger partial charge in [-0.3, -0.25) is 4.79 Å². The third-order valence-electron chi connectivity index (χ3n) is 4.95. The van der Waals surface area contributed by atoms with E-state index >= 15 is 0 Å². The topological polar surface area (TPSA) is 26.3 Å². The minimum absolute atomic E-state index is 0.0199. The summed E-state index contributed by atoms with van der Waals surface area (Å²) < 4.78 is 5.68. The molecule has 1 atom stereocenters. The number of hydrogen-bond acceptors (Lipinski definition) is 2. The molecule has 1 unspecified atom stereocenters. The number of ether oxygens (including phenoxy) is 1. The predicted octanol–water partition coefficient (Wildman–Crippen LogP) is 5.60. The smallest absolute Gasteiger partial charge is 0.310 e. The molecule has 0 radical (unpaired) electrons.